The number of rotatable bonds is 7. The Labute approximate surface area is 159 Å². The van der Waals surface area contributed by atoms with E-state index < -0.39 is 11.9 Å². The van der Waals surface area contributed by atoms with Crippen LogP contribution in [0.5, 0.6) is 11.5 Å². The number of hydrogen-bond acceptors (Lipinski definition) is 5. The summed E-state index contributed by atoms with van der Waals surface area (Å²) >= 11 is 0.744. The first kappa shape index (κ1) is 21.0. The molecule has 0 amide bonds. The second-order valence-electron chi connectivity index (χ2n) is 5.93. The SMILES string of the molecule is COC(=O)Cc1ccc(C)c(Oc2ccc(N)cc2CSCC(F)(F)F)c1. The van der Waals surface area contributed by atoms with Crippen LogP contribution >= 0.6 is 11.8 Å². The predicted molar refractivity (Wildman–Crippen MR) is 100 cm³/mol. The Balaban J connectivity index is 2.21. The van der Waals surface area contributed by atoms with Gasteiger partial charge in [-0.3, -0.25) is 4.79 Å². The van der Waals surface area contributed by atoms with Gasteiger partial charge in [0.25, 0.3) is 0 Å². The number of anilines is 1. The summed E-state index contributed by atoms with van der Waals surface area (Å²) in [5.41, 5.74) is 8.32. The highest BCUT2D eigenvalue weighted by atomic mass is 32.2. The van der Waals surface area contributed by atoms with Crippen molar-refractivity contribution in [2.24, 2.45) is 0 Å². The number of nitrogen functional groups attached to an aromatic ring is 1. The monoisotopic (exact) mass is 399 g/mol. The van der Waals surface area contributed by atoms with Crippen LogP contribution in [0.15, 0.2) is 36.4 Å². The van der Waals surface area contributed by atoms with E-state index in [1.165, 1.54) is 7.11 Å². The van der Waals surface area contributed by atoms with Crippen molar-refractivity contribution in [1.82, 2.24) is 0 Å². The van der Waals surface area contributed by atoms with E-state index >= 15 is 0 Å². The van der Waals surface area contributed by atoms with Gasteiger partial charge in [0.15, 0.2) is 0 Å². The van der Waals surface area contributed by atoms with Crippen molar-refractivity contribution in [2.75, 3.05) is 18.6 Å². The van der Waals surface area contributed by atoms with Crippen LogP contribution in [0.4, 0.5) is 18.9 Å². The molecule has 27 heavy (non-hydrogen) atoms. The Bertz CT molecular complexity index is 809. The molecule has 0 saturated heterocycles. The zero-order chi connectivity index (χ0) is 20.0. The highest BCUT2D eigenvalue weighted by Crippen LogP contribution is 2.33. The van der Waals surface area contributed by atoms with E-state index in [4.69, 9.17) is 10.5 Å². The summed E-state index contributed by atoms with van der Waals surface area (Å²) in [7, 11) is 1.31. The number of aryl methyl sites for hydroxylation is 1. The van der Waals surface area contributed by atoms with Crippen molar-refractivity contribution in [3.63, 3.8) is 0 Å². The maximum Gasteiger partial charge on any atom is 0.397 e. The van der Waals surface area contributed by atoms with Crippen molar-refractivity contribution >= 4 is 23.4 Å². The number of methoxy groups -OCH3 is 1. The molecule has 0 spiro atoms. The molecule has 0 radical (unpaired) electrons. The van der Waals surface area contributed by atoms with E-state index in [1.807, 2.05) is 13.0 Å². The zero-order valence-corrected chi connectivity index (χ0v) is 15.7. The predicted octanol–water partition coefficient (Wildman–Crippen LogP) is 4.88. The van der Waals surface area contributed by atoms with E-state index in [9.17, 15) is 18.0 Å². The first-order chi connectivity index (χ1) is 12.7. The van der Waals surface area contributed by atoms with Gasteiger partial charge in [-0.15, -0.1) is 11.8 Å². The summed E-state index contributed by atoms with van der Waals surface area (Å²) in [5, 5.41) is 0. The summed E-state index contributed by atoms with van der Waals surface area (Å²) < 4.78 is 47.8. The summed E-state index contributed by atoms with van der Waals surface area (Å²) in [4.78, 5) is 11.5. The topological polar surface area (TPSA) is 61.5 Å². The molecule has 0 aliphatic heterocycles. The molecule has 0 heterocycles. The Morgan fingerprint density at radius 1 is 1.15 bits per heavy atom. The molecular weight excluding hydrogens is 379 g/mol. The van der Waals surface area contributed by atoms with E-state index in [0.717, 1.165) is 17.3 Å². The van der Waals surface area contributed by atoms with Gasteiger partial charge < -0.3 is 15.2 Å². The minimum absolute atomic E-state index is 0.100. The lowest BCUT2D eigenvalue weighted by Crippen LogP contribution is -2.11. The first-order valence-electron chi connectivity index (χ1n) is 8.05. The second kappa shape index (κ2) is 9.03. The fraction of sp³-hybridized carbons (Fsp3) is 0.316. The van der Waals surface area contributed by atoms with Crippen LogP contribution in [-0.4, -0.2) is 25.0 Å². The van der Waals surface area contributed by atoms with Gasteiger partial charge in [-0.2, -0.15) is 13.2 Å². The normalized spacial score (nSPS) is 11.3. The maximum absolute atomic E-state index is 12.4. The van der Waals surface area contributed by atoms with E-state index in [2.05, 4.69) is 4.74 Å². The number of carbonyl (C=O) groups excluding carboxylic acids is 1. The molecule has 2 aromatic carbocycles. The van der Waals surface area contributed by atoms with E-state index in [-0.39, 0.29) is 18.1 Å². The van der Waals surface area contributed by atoms with Gasteiger partial charge in [-0.25, -0.2) is 0 Å². The van der Waals surface area contributed by atoms with Crippen molar-refractivity contribution in [3.05, 3.63) is 53.1 Å². The third kappa shape index (κ3) is 6.71. The fourth-order valence-corrected chi connectivity index (χ4v) is 3.09. The number of halogens is 3. The van der Waals surface area contributed by atoms with Crippen LogP contribution in [0.3, 0.4) is 0 Å². The van der Waals surface area contributed by atoms with Gasteiger partial charge in [0.1, 0.15) is 11.5 Å². The lowest BCUT2D eigenvalue weighted by Gasteiger charge is -2.15. The summed E-state index contributed by atoms with van der Waals surface area (Å²) in [6.45, 7) is 1.84. The van der Waals surface area contributed by atoms with Crippen LogP contribution in [0.2, 0.25) is 0 Å². The molecule has 0 aromatic heterocycles. The van der Waals surface area contributed by atoms with Gasteiger partial charge in [0.05, 0.1) is 19.3 Å². The Morgan fingerprint density at radius 2 is 1.89 bits per heavy atom. The third-order valence-corrected chi connectivity index (χ3v) is 4.70. The third-order valence-electron chi connectivity index (χ3n) is 3.66. The fourth-order valence-electron chi connectivity index (χ4n) is 2.31. The minimum Gasteiger partial charge on any atom is -0.469 e. The van der Waals surface area contributed by atoms with Crippen LogP contribution in [0.25, 0.3) is 0 Å². The minimum atomic E-state index is -4.23. The van der Waals surface area contributed by atoms with Gasteiger partial charge in [-0.1, -0.05) is 12.1 Å². The molecule has 0 atom stereocenters. The number of carbonyl (C=O) groups is 1. The van der Waals surface area contributed by atoms with Gasteiger partial charge in [0.2, 0.25) is 0 Å². The number of thioether (sulfide) groups is 1. The number of esters is 1. The first-order valence-corrected chi connectivity index (χ1v) is 9.20. The molecule has 0 aliphatic carbocycles. The van der Waals surface area contributed by atoms with Crippen LogP contribution in [-0.2, 0) is 21.7 Å². The van der Waals surface area contributed by atoms with Gasteiger partial charge in [0, 0.05) is 17.0 Å². The molecule has 2 aromatic rings. The number of ether oxygens (including phenoxy) is 2. The lowest BCUT2D eigenvalue weighted by molar-refractivity contribution is -0.139. The molecule has 0 saturated carbocycles. The molecule has 0 fully saturated rings. The zero-order valence-electron chi connectivity index (χ0n) is 14.9. The number of alkyl halides is 3. The molecule has 4 nitrogen and oxygen atoms in total. The Morgan fingerprint density at radius 3 is 2.56 bits per heavy atom. The highest BCUT2D eigenvalue weighted by Gasteiger charge is 2.27. The molecule has 8 heteroatoms. The van der Waals surface area contributed by atoms with Crippen molar-refractivity contribution < 1.29 is 27.4 Å². The van der Waals surface area contributed by atoms with Crippen LogP contribution in [0, 0.1) is 6.92 Å². The molecule has 146 valence electrons. The molecule has 2 N–H and O–H groups in total. The number of benzene rings is 2. The van der Waals surface area contributed by atoms with Crippen molar-refractivity contribution in [2.45, 2.75) is 25.3 Å². The average Bonchev–Trinajstić information content (AvgIpc) is 2.58. The van der Waals surface area contributed by atoms with Crippen LogP contribution < -0.4 is 10.5 Å². The number of nitrogens with two attached hydrogens (primary N) is 1. The number of hydrogen-bond donors (Lipinski definition) is 1. The molecule has 0 bridgehead atoms. The molecular formula is C19H20F3NO3S. The van der Waals surface area contributed by atoms with E-state index in [1.54, 1.807) is 30.3 Å². The Kier molecular flexibility index (Phi) is 7.01. The summed E-state index contributed by atoms with van der Waals surface area (Å²) in [5.74, 6) is -0.266. The standard InChI is InChI=1S/C19H20F3NO3S/c1-12-3-4-13(8-18(24)25-2)7-17(12)26-16-6-5-15(23)9-14(16)10-27-11-19(20,21)22/h3-7,9H,8,10-11,23H2,1-2H3. The molecule has 0 aliphatic rings. The van der Waals surface area contributed by atoms with Crippen LogP contribution in [0.1, 0.15) is 16.7 Å². The molecule has 2 rings (SSSR count). The van der Waals surface area contributed by atoms with E-state index in [0.29, 0.717) is 28.3 Å². The summed E-state index contributed by atoms with van der Waals surface area (Å²) in [6, 6.07) is 10.2. The van der Waals surface area contributed by atoms with Crippen molar-refractivity contribution in [3.8, 4) is 11.5 Å². The largest absolute Gasteiger partial charge is 0.469 e. The Hall–Kier alpha value is -2.35. The highest BCUT2D eigenvalue weighted by molar-refractivity contribution is 7.98. The second-order valence-corrected chi connectivity index (χ2v) is 6.92. The summed E-state index contributed by atoms with van der Waals surface area (Å²) in [6.07, 6.45) is -4.13. The van der Waals surface area contributed by atoms with Crippen molar-refractivity contribution in [1.29, 1.82) is 0 Å². The smallest absolute Gasteiger partial charge is 0.397 e. The van der Waals surface area contributed by atoms with Gasteiger partial charge >= 0.3 is 12.1 Å². The maximum atomic E-state index is 12.4. The quantitative estimate of drug-likeness (QED) is 0.531. The lowest BCUT2D eigenvalue weighted by atomic mass is 10.1. The molecule has 0 unspecified atom stereocenters. The van der Waals surface area contributed by atoms with Gasteiger partial charge in [-0.05, 0) is 42.3 Å². The average molecular weight is 399 g/mol.